The van der Waals surface area contributed by atoms with E-state index in [4.69, 9.17) is 16.3 Å². The molecule has 0 saturated heterocycles. The van der Waals surface area contributed by atoms with E-state index in [9.17, 15) is 4.79 Å². The smallest absolute Gasteiger partial charge is 0.260 e. The molecule has 0 aromatic heterocycles. The number of benzene rings is 1. The number of amides is 1. The van der Waals surface area contributed by atoms with E-state index in [1.807, 2.05) is 12.1 Å². The first kappa shape index (κ1) is 14.7. The maximum absolute atomic E-state index is 12.0. The van der Waals surface area contributed by atoms with Gasteiger partial charge in [-0.05, 0) is 38.7 Å². The second-order valence-corrected chi connectivity index (χ2v) is 6.33. The lowest BCUT2D eigenvalue weighted by Gasteiger charge is -2.18. The summed E-state index contributed by atoms with van der Waals surface area (Å²) >= 11 is 6.24. The molecule has 2 aliphatic carbocycles. The van der Waals surface area contributed by atoms with Gasteiger partial charge in [0.25, 0.3) is 5.91 Å². The van der Waals surface area contributed by atoms with Crippen molar-refractivity contribution in [2.45, 2.75) is 57.3 Å². The van der Waals surface area contributed by atoms with E-state index in [1.165, 1.54) is 12.8 Å². The molecule has 1 aromatic rings. The summed E-state index contributed by atoms with van der Waals surface area (Å²) in [5.74, 6) is 0.546. The third-order valence-electron chi connectivity index (χ3n) is 3.79. The van der Waals surface area contributed by atoms with Crippen molar-refractivity contribution in [3.63, 3.8) is 0 Å². The molecule has 2 fully saturated rings. The summed E-state index contributed by atoms with van der Waals surface area (Å²) in [5, 5.41) is 6.95. The van der Waals surface area contributed by atoms with Crippen LogP contribution in [-0.2, 0) is 11.3 Å². The van der Waals surface area contributed by atoms with Crippen molar-refractivity contribution in [1.82, 2.24) is 10.6 Å². The predicted octanol–water partition coefficient (Wildman–Crippen LogP) is 2.64. The Hall–Kier alpha value is -1.26. The lowest BCUT2D eigenvalue weighted by atomic mass is 10.2. The SMILES string of the molecule is CC(Oc1c(Cl)cccc1CNC1CC1)C(=O)NC1CC1. The van der Waals surface area contributed by atoms with Gasteiger partial charge in [-0.2, -0.15) is 0 Å². The summed E-state index contributed by atoms with van der Waals surface area (Å²) in [5.41, 5.74) is 1.00. The first-order chi connectivity index (χ1) is 10.1. The third-order valence-corrected chi connectivity index (χ3v) is 4.09. The van der Waals surface area contributed by atoms with Gasteiger partial charge >= 0.3 is 0 Å². The molecular weight excluding hydrogens is 288 g/mol. The van der Waals surface area contributed by atoms with Crippen LogP contribution in [0.3, 0.4) is 0 Å². The fourth-order valence-corrected chi connectivity index (χ4v) is 2.38. The second-order valence-electron chi connectivity index (χ2n) is 5.93. The van der Waals surface area contributed by atoms with Crippen molar-refractivity contribution in [2.24, 2.45) is 0 Å². The van der Waals surface area contributed by atoms with Crippen molar-refractivity contribution in [3.05, 3.63) is 28.8 Å². The number of nitrogens with one attached hydrogen (secondary N) is 2. The molecule has 2 aliphatic rings. The molecule has 0 bridgehead atoms. The number of halogens is 1. The molecule has 0 aliphatic heterocycles. The maximum Gasteiger partial charge on any atom is 0.260 e. The van der Waals surface area contributed by atoms with E-state index in [0.29, 0.717) is 22.9 Å². The van der Waals surface area contributed by atoms with Gasteiger partial charge in [0.05, 0.1) is 5.02 Å². The summed E-state index contributed by atoms with van der Waals surface area (Å²) < 4.78 is 5.84. The zero-order valence-corrected chi connectivity index (χ0v) is 13.0. The van der Waals surface area contributed by atoms with Gasteiger partial charge in [0.2, 0.25) is 0 Å². The van der Waals surface area contributed by atoms with Gasteiger partial charge in [-0.15, -0.1) is 0 Å². The van der Waals surface area contributed by atoms with Crippen molar-refractivity contribution in [2.75, 3.05) is 0 Å². The zero-order valence-electron chi connectivity index (χ0n) is 12.2. The van der Waals surface area contributed by atoms with Gasteiger partial charge in [0.1, 0.15) is 5.75 Å². The quantitative estimate of drug-likeness (QED) is 0.814. The van der Waals surface area contributed by atoms with Crippen molar-refractivity contribution >= 4 is 17.5 Å². The van der Waals surface area contributed by atoms with E-state index in [2.05, 4.69) is 10.6 Å². The Morgan fingerprint density at radius 2 is 2.05 bits per heavy atom. The fraction of sp³-hybridized carbons (Fsp3) is 0.562. The summed E-state index contributed by atoms with van der Waals surface area (Å²) in [6, 6.07) is 6.65. The summed E-state index contributed by atoms with van der Waals surface area (Å²) in [4.78, 5) is 12.0. The molecular formula is C16H21ClN2O2. The van der Waals surface area contributed by atoms with Crippen LogP contribution in [-0.4, -0.2) is 24.1 Å². The van der Waals surface area contributed by atoms with E-state index < -0.39 is 6.10 Å². The molecule has 1 unspecified atom stereocenters. The van der Waals surface area contributed by atoms with Crippen molar-refractivity contribution in [1.29, 1.82) is 0 Å². The first-order valence-electron chi connectivity index (χ1n) is 7.61. The highest BCUT2D eigenvalue weighted by molar-refractivity contribution is 6.32. The molecule has 3 rings (SSSR count). The molecule has 2 N–H and O–H groups in total. The van der Waals surface area contributed by atoms with Crippen LogP contribution in [0.15, 0.2) is 18.2 Å². The molecule has 1 amide bonds. The Labute approximate surface area is 130 Å². The number of hydrogen-bond acceptors (Lipinski definition) is 3. The van der Waals surface area contributed by atoms with E-state index in [1.54, 1.807) is 13.0 Å². The Kier molecular flexibility index (Phi) is 4.36. The Morgan fingerprint density at radius 3 is 2.71 bits per heavy atom. The normalized spacial score (nSPS) is 19.1. The van der Waals surface area contributed by atoms with Crippen LogP contribution in [0.2, 0.25) is 5.02 Å². The van der Waals surface area contributed by atoms with Gasteiger partial charge in [0, 0.05) is 24.2 Å². The molecule has 5 heteroatoms. The largest absolute Gasteiger partial charge is 0.479 e. The van der Waals surface area contributed by atoms with Gasteiger partial charge in [-0.1, -0.05) is 23.7 Å². The van der Waals surface area contributed by atoms with Gasteiger partial charge in [-0.25, -0.2) is 0 Å². The zero-order chi connectivity index (χ0) is 14.8. The standard InChI is InChI=1S/C16H21ClN2O2/c1-10(16(20)19-13-7-8-13)21-15-11(3-2-4-14(15)17)9-18-12-5-6-12/h2-4,10,12-13,18H,5-9H2,1H3,(H,19,20). The number of ether oxygens (including phenoxy) is 1. The number of carbonyl (C=O) groups is 1. The molecule has 0 radical (unpaired) electrons. The average molecular weight is 309 g/mol. The number of carbonyl (C=O) groups excluding carboxylic acids is 1. The van der Waals surface area contributed by atoms with Crippen LogP contribution >= 0.6 is 11.6 Å². The predicted molar refractivity (Wildman–Crippen MR) is 82.6 cm³/mol. The Bertz CT molecular complexity index is 527. The number of rotatable bonds is 7. The van der Waals surface area contributed by atoms with Crippen LogP contribution < -0.4 is 15.4 Å². The molecule has 0 heterocycles. The topological polar surface area (TPSA) is 50.4 Å². The summed E-state index contributed by atoms with van der Waals surface area (Å²) in [6.45, 7) is 2.48. The molecule has 21 heavy (non-hydrogen) atoms. The van der Waals surface area contributed by atoms with Crippen molar-refractivity contribution < 1.29 is 9.53 Å². The van der Waals surface area contributed by atoms with E-state index >= 15 is 0 Å². The third kappa shape index (κ3) is 4.11. The molecule has 114 valence electrons. The summed E-state index contributed by atoms with van der Waals surface area (Å²) in [7, 11) is 0. The lowest BCUT2D eigenvalue weighted by Crippen LogP contribution is -2.37. The highest BCUT2D eigenvalue weighted by atomic mass is 35.5. The van der Waals surface area contributed by atoms with Crippen LogP contribution in [0.25, 0.3) is 0 Å². The van der Waals surface area contributed by atoms with Gasteiger partial charge < -0.3 is 15.4 Å². The van der Waals surface area contributed by atoms with Crippen molar-refractivity contribution in [3.8, 4) is 5.75 Å². The minimum Gasteiger partial charge on any atom is -0.479 e. The van der Waals surface area contributed by atoms with Crippen LogP contribution in [0.5, 0.6) is 5.75 Å². The monoisotopic (exact) mass is 308 g/mol. The van der Waals surface area contributed by atoms with Crippen LogP contribution in [0, 0.1) is 0 Å². The molecule has 4 nitrogen and oxygen atoms in total. The highest BCUT2D eigenvalue weighted by Crippen LogP contribution is 2.31. The molecule has 1 aromatic carbocycles. The second kappa shape index (κ2) is 6.24. The van der Waals surface area contributed by atoms with E-state index in [0.717, 1.165) is 24.9 Å². The van der Waals surface area contributed by atoms with Gasteiger partial charge in [0.15, 0.2) is 6.10 Å². The molecule has 2 saturated carbocycles. The Morgan fingerprint density at radius 1 is 1.33 bits per heavy atom. The first-order valence-corrected chi connectivity index (χ1v) is 7.99. The minimum atomic E-state index is -0.537. The fourth-order valence-electron chi connectivity index (χ4n) is 2.14. The summed E-state index contributed by atoms with van der Waals surface area (Å²) in [6.07, 6.45) is 4.07. The maximum atomic E-state index is 12.0. The molecule has 1 atom stereocenters. The Balaban J connectivity index is 1.65. The number of hydrogen-bond donors (Lipinski definition) is 2. The number of para-hydroxylation sites is 1. The average Bonchev–Trinajstić information content (AvgIpc) is 3.33. The lowest BCUT2D eigenvalue weighted by molar-refractivity contribution is -0.127. The minimum absolute atomic E-state index is 0.0708. The highest BCUT2D eigenvalue weighted by Gasteiger charge is 2.27. The van der Waals surface area contributed by atoms with Gasteiger partial charge in [-0.3, -0.25) is 4.79 Å². The van der Waals surface area contributed by atoms with Crippen LogP contribution in [0.1, 0.15) is 38.2 Å². The van der Waals surface area contributed by atoms with E-state index in [-0.39, 0.29) is 5.91 Å². The molecule has 0 spiro atoms. The van der Waals surface area contributed by atoms with Crippen LogP contribution in [0.4, 0.5) is 0 Å².